The van der Waals surface area contributed by atoms with Crippen LogP contribution in [0.3, 0.4) is 0 Å². The van der Waals surface area contributed by atoms with Crippen molar-refractivity contribution in [3.63, 3.8) is 0 Å². The van der Waals surface area contributed by atoms with Crippen molar-refractivity contribution in [1.29, 1.82) is 0 Å². The molecule has 11 heavy (non-hydrogen) atoms. The predicted molar refractivity (Wildman–Crippen MR) is 38.8 cm³/mol. The summed E-state index contributed by atoms with van der Waals surface area (Å²) in [5, 5.41) is 3.53. The smallest absolute Gasteiger partial charge is 0.233 e. The second-order valence-corrected chi connectivity index (χ2v) is 2.67. The molecule has 2 unspecified atom stereocenters. The van der Waals surface area contributed by atoms with Crippen LogP contribution in [0.25, 0.3) is 0 Å². The lowest BCUT2D eigenvalue weighted by molar-refractivity contribution is 0.363. The molecule has 2 rings (SSSR count). The molecule has 1 aromatic rings. The molecule has 0 saturated carbocycles. The topological polar surface area (TPSA) is 64.9 Å². The Morgan fingerprint density at radius 3 is 3.00 bits per heavy atom. The van der Waals surface area contributed by atoms with E-state index in [4.69, 9.17) is 10.3 Å². The van der Waals surface area contributed by atoms with Crippen molar-refractivity contribution in [2.24, 2.45) is 5.73 Å². The van der Waals surface area contributed by atoms with Crippen LogP contribution in [0, 0.1) is 0 Å². The van der Waals surface area contributed by atoms with Crippen LogP contribution in [0.15, 0.2) is 23.0 Å². The first-order valence-electron chi connectivity index (χ1n) is 3.57. The van der Waals surface area contributed by atoms with Gasteiger partial charge in [-0.1, -0.05) is 17.3 Å². The van der Waals surface area contributed by atoms with E-state index in [1.165, 1.54) is 6.33 Å². The van der Waals surface area contributed by atoms with Crippen LogP contribution in [0.2, 0.25) is 0 Å². The van der Waals surface area contributed by atoms with Gasteiger partial charge in [-0.3, -0.25) is 0 Å². The zero-order chi connectivity index (χ0) is 7.68. The van der Waals surface area contributed by atoms with Crippen LogP contribution >= 0.6 is 0 Å². The van der Waals surface area contributed by atoms with Gasteiger partial charge in [0.15, 0.2) is 6.33 Å². The van der Waals surface area contributed by atoms with Crippen molar-refractivity contribution in [2.45, 2.75) is 18.4 Å². The monoisotopic (exact) mass is 151 g/mol. The van der Waals surface area contributed by atoms with E-state index in [-0.39, 0.29) is 12.0 Å². The zero-order valence-corrected chi connectivity index (χ0v) is 5.97. The van der Waals surface area contributed by atoms with E-state index in [0.717, 1.165) is 6.42 Å². The number of aromatic nitrogens is 2. The molecule has 0 bridgehead atoms. The third-order valence-corrected chi connectivity index (χ3v) is 1.81. The van der Waals surface area contributed by atoms with Crippen molar-refractivity contribution in [3.05, 3.63) is 24.4 Å². The Kier molecular flexibility index (Phi) is 1.47. The summed E-state index contributed by atoms with van der Waals surface area (Å²) in [6, 6.07) is 0.145. The first kappa shape index (κ1) is 6.54. The van der Waals surface area contributed by atoms with Gasteiger partial charge >= 0.3 is 0 Å². The molecule has 1 aliphatic carbocycles. The summed E-state index contributed by atoms with van der Waals surface area (Å²) in [5.41, 5.74) is 5.65. The normalized spacial score (nSPS) is 29.5. The fraction of sp³-hybridized carbons (Fsp3) is 0.429. The van der Waals surface area contributed by atoms with Gasteiger partial charge in [-0.15, -0.1) is 0 Å². The Morgan fingerprint density at radius 1 is 1.55 bits per heavy atom. The van der Waals surface area contributed by atoms with Gasteiger partial charge in [-0.2, -0.15) is 4.98 Å². The maximum Gasteiger partial charge on any atom is 0.233 e. The lowest BCUT2D eigenvalue weighted by Gasteiger charge is -2.01. The van der Waals surface area contributed by atoms with Crippen molar-refractivity contribution in [3.8, 4) is 0 Å². The minimum Gasteiger partial charge on any atom is -0.339 e. The van der Waals surface area contributed by atoms with E-state index in [0.29, 0.717) is 5.89 Å². The van der Waals surface area contributed by atoms with E-state index in [1.54, 1.807) is 0 Å². The molecule has 2 atom stereocenters. The van der Waals surface area contributed by atoms with Crippen molar-refractivity contribution in [1.82, 2.24) is 10.1 Å². The highest BCUT2D eigenvalue weighted by Crippen LogP contribution is 2.25. The maximum atomic E-state index is 5.65. The minimum absolute atomic E-state index is 0.145. The van der Waals surface area contributed by atoms with Crippen LogP contribution in [0.4, 0.5) is 0 Å². The van der Waals surface area contributed by atoms with Crippen LogP contribution in [0.5, 0.6) is 0 Å². The number of nitrogens with two attached hydrogens (primary N) is 1. The molecule has 1 heterocycles. The van der Waals surface area contributed by atoms with Gasteiger partial charge in [0.1, 0.15) is 0 Å². The number of hydrogen-bond acceptors (Lipinski definition) is 4. The summed E-state index contributed by atoms with van der Waals surface area (Å²) in [5.74, 6) is 0.890. The predicted octanol–water partition coefficient (Wildman–Crippen LogP) is 0.440. The van der Waals surface area contributed by atoms with Gasteiger partial charge in [-0.05, 0) is 6.42 Å². The van der Waals surface area contributed by atoms with Crippen molar-refractivity contribution < 1.29 is 4.52 Å². The van der Waals surface area contributed by atoms with E-state index in [9.17, 15) is 0 Å². The minimum atomic E-state index is 0.145. The number of allylic oxidation sites excluding steroid dienone is 1. The summed E-state index contributed by atoms with van der Waals surface area (Å²) < 4.78 is 4.90. The van der Waals surface area contributed by atoms with Crippen LogP contribution in [0.1, 0.15) is 18.2 Å². The largest absolute Gasteiger partial charge is 0.339 e. The summed E-state index contributed by atoms with van der Waals surface area (Å²) in [6.07, 6.45) is 6.27. The molecule has 0 radical (unpaired) electrons. The van der Waals surface area contributed by atoms with Gasteiger partial charge in [0, 0.05) is 6.04 Å². The lowest BCUT2D eigenvalue weighted by Crippen LogP contribution is -2.14. The molecule has 0 amide bonds. The van der Waals surface area contributed by atoms with E-state index in [1.807, 2.05) is 12.2 Å². The Balaban J connectivity index is 2.15. The SMILES string of the molecule is NC1C=CC(c2ncno2)C1. The number of nitrogens with zero attached hydrogens (tertiary/aromatic N) is 2. The molecule has 0 saturated heterocycles. The first-order chi connectivity index (χ1) is 5.36. The quantitative estimate of drug-likeness (QED) is 0.591. The molecule has 0 aliphatic heterocycles. The molecule has 2 N–H and O–H groups in total. The second-order valence-electron chi connectivity index (χ2n) is 2.67. The molecular weight excluding hydrogens is 142 g/mol. The molecule has 4 heteroatoms. The van der Waals surface area contributed by atoms with E-state index in [2.05, 4.69) is 10.1 Å². The first-order valence-corrected chi connectivity index (χ1v) is 3.57. The van der Waals surface area contributed by atoms with Gasteiger partial charge in [0.25, 0.3) is 0 Å². The molecule has 58 valence electrons. The fourth-order valence-corrected chi connectivity index (χ4v) is 1.26. The molecule has 0 spiro atoms. The van der Waals surface area contributed by atoms with Gasteiger partial charge < -0.3 is 10.3 Å². The van der Waals surface area contributed by atoms with Crippen LogP contribution < -0.4 is 5.73 Å². The highest BCUT2D eigenvalue weighted by atomic mass is 16.5. The van der Waals surface area contributed by atoms with Gasteiger partial charge in [0.05, 0.1) is 5.92 Å². The van der Waals surface area contributed by atoms with Gasteiger partial charge in [-0.25, -0.2) is 0 Å². The number of rotatable bonds is 1. The average Bonchev–Trinajstić information content (AvgIpc) is 2.55. The summed E-state index contributed by atoms with van der Waals surface area (Å²) in [7, 11) is 0. The zero-order valence-electron chi connectivity index (χ0n) is 5.97. The fourth-order valence-electron chi connectivity index (χ4n) is 1.26. The van der Waals surface area contributed by atoms with Crippen molar-refractivity contribution in [2.75, 3.05) is 0 Å². The highest BCUT2D eigenvalue weighted by Gasteiger charge is 2.21. The Labute approximate surface area is 64.1 Å². The lowest BCUT2D eigenvalue weighted by atomic mass is 10.1. The van der Waals surface area contributed by atoms with E-state index < -0.39 is 0 Å². The molecule has 0 aromatic carbocycles. The summed E-state index contributed by atoms with van der Waals surface area (Å²) >= 11 is 0. The third kappa shape index (κ3) is 1.17. The van der Waals surface area contributed by atoms with Crippen LogP contribution in [-0.2, 0) is 0 Å². The molecular formula is C7H9N3O. The second kappa shape index (κ2) is 2.47. The van der Waals surface area contributed by atoms with Gasteiger partial charge in [0.2, 0.25) is 5.89 Å². The Bertz CT molecular complexity index is 255. The molecule has 1 aromatic heterocycles. The average molecular weight is 151 g/mol. The maximum absolute atomic E-state index is 5.65. The summed E-state index contributed by atoms with van der Waals surface area (Å²) in [4.78, 5) is 3.95. The van der Waals surface area contributed by atoms with Crippen LogP contribution in [-0.4, -0.2) is 16.2 Å². The van der Waals surface area contributed by atoms with E-state index >= 15 is 0 Å². The third-order valence-electron chi connectivity index (χ3n) is 1.81. The Hall–Kier alpha value is -1.16. The van der Waals surface area contributed by atoms with Crippen molar-refractivity contribution >= 4 is 0 Å². The standard InChI is InChI=1S/C7H9N3O/c8-6-2-1-5(3-6)7-9-4-10-11-7/h1-2,4-6H,3,8H2. The summed E-state index contributed by atoms with van der Waals surface area (Å²) in [6.45, 7) is 0. The molecule has 4 nitrogen and oxygen atoms in total. The highest BCUT2D eigenvalue weighted by molar-refractivity contribution is 5.14. The Morgan fingerprint density at radius 2 is 2.45 bits per heavy atom. The number of hydrogen-bond donors (Lipinski definition) is 1. The molecule has 0 fully saturated rings. The molecule has 1 aliphatic rings.